The number of nitrogens with one attached hydrogen (secondary N) is 1. The van der Waals surface area contributed by atoms with Gasteiger partial charge in [0.1, 0.15) is 6.04 Å². The summed E-state index contributed by atoms with van der Waals surface area (Å²) in [6.45, 7) is 2.00. The highest BCUT2D eigenvalue weighted by Crippen LogP contribution is 2.03. The summed E-state index contributed by atoms with van der Waals surface area (Å²) in [4.78, 5) is 38.8. The van der Waals surface area contributed by atoms with Crippen molar-refractivity contribution in [3.05, 3.63) is 29.6 Å². The number of carboxylic acids is 2. The Hall–Kier alpha value is -2.64. The van der Waals surface area contributed by atoms with Crippen LogP contribution in [-0.2, 0) is 16.1 Å². The van der Waals surface area contributed by atoms with Gasteiger partial charge in [0.2, 0.25) is 0 Å². The fourth-order valence-corrected chi connectivity index (χ4v) is 1.64. The fourth-order valence-electron chi connectivity index (χ4n) is 1.64. The molecule has 0 saturated heterocycles. The number of nitrogens with zero attached hydrogens (tertiary/aromatic N) is 2. The van der Waals surface area contributed by atoms with Gasteiger partial charge in [-0.25, -0.2) is 9.59 Å². The van der Waals surface area contributed by atoms with E-state index in [1.165, 1.54) is 11.9 Å². The second-order valence-corrected chi connectivity index (χ2v) is 4.56. The van der Waals surface area contributed by atoms with E-state index in [1.807, 2.05) is 13.0 Å². The largest absolute Gasteiger partial charge is 0.481 e. The molecule has 1 rings (SSSR count). The molecule has 1 unspecified atom stereocenters. The molecule has 1 aromatic heterocycles. The van der Waals surface area contributed by atoms with Crippen LogP contribution in [0.25, 0.3) is 0 Å². The summed E-state index contributed by atoms with van der Waals surface area (Å²) < 4.78 is 0. The average molecular weight is 295 g/mol. The summed E-state index contributed by atoms with van der Waals surface area (Å²) >= 11 is 0. The minimum atomic E-state index is -1.47. The Morgan fingerprint density at radius 3 is 2.52 bits per heavy atom. The Kier molecular flexibility index (Phi) is 5.65. The third kappa shape index (κ3) is 5.47. The molecule has 0 aliphatic carbocycles. The molecule has 1 heterocycles. The molecule has 3 N–H and O–H groups in total. The molecule has 0 aliphatic heterocycles. The third-order valence-electron chi connectivity index (χ3n) is 2.67. The molecule has 0 fully saturated rings. The van der Waals surface area contributed by atoms with Crippen molar-refractivity contribution in [2.24, 2.45) is 0 Å². The average Bonchev–Trinajstić information content (AvgIpc) is 2.37. The Bertz CT molecular complexity index is 546. The van der Waals surface area contributed by atoms with Crippen molar-refractivity contribution in [2.75, 3.05) is 7.05 Å². The minimum Gasteiger partial charge on any atom is -0.481 e. The molecule has 1 aromatic rings. The van der Waals surface area contributed by atoms with E-state index in [0.29, 0.717) is 5.69 Å². The van der Waals surface area contributed by atoms with Crippen LogP contribution in [0.4, 0.5) is 4.79 Å². The van der Waals surface area contributed by atoms with E-state index in [-0.39, 0.29) is 6.54 Å². The summed E-state index contributed by atoms with van der Waals surface area (Å²) in [6.07, 6.45) is -0.683. The number of pyridine rings is 1. The van der Waals surface area contributed by atoms with Gasteiger partial charge in [0.25, 0.3) is 0 Å². The lowest BCUT2D eigenvalue weighted by molar-refractivity contribution is -0.145. The van der Waals surface area contributed by atoms with Crippen molar-refractivity contribution in [1.82, 2.24) is 15.2 Å². The summed E-state index contributed by atoms with van der Waals surface area (Å²) in [6, 6.07) is 3.21. The zero-order chi connectivity index (χ0) is 16.0. The van der Waals surface area contributed by atoms with Gasteiger partial charge in [0.05, 0.1) is 18.7 Å². The van der Waals surface area contributed by atoms with Crippen molar-refractivity contribution in [3.63, 3.8) is 0 Å². The van der Waals surface area contributed by atoms with Crippen LogP contribution in [0.15, 0.2) is 18.2 Å². The number of urea groups is 1. The van der Waals surface area contributed by atoms with Crippen LogP contribution in [0, 0.1) is 6.92 Å². The number of aromatic nitrogens is 1. The van der Waals surface area contributed by atoms with Crippen LogP contribution in [0.1, 0.15) is 17.8 Å². The quantitative estimate of drug-likeness (QED) is 0.701. The third-order valence-corrected chi connectivity index (χ3v) is 2.67. The molecule has 0 bridgehead atoms. The van der Waals surface area contributed by atoms with Crippen LogP contribution < -0.4 is 5.32 Å². The first-order valence-corrected chi connectivity index (χ1v) is 6.18. The number of amides is 2. The van der Waals surface area contributed by atoms with E-state index in [1.54, 1.807) is 12.1 Å². The van der Waals surface area contributed by atoms with Gasteiger partial charge < -0.3 is 20.4 Å². The van der Waals surface area contributed by atoms with E-state index < -0.39 is 30.4 Å². The number of aliphatic carboxylic acids is 2. The van der Waals surface area contributed by atoms with Crippen molar-refractivity contribution in [3.8, 4) is 0 Å². The smallest absolute Gasteiger partial charge is 0.326 e. The number of aryl methyl sites for hydroxylation is 1. The fraction of sp³-hybridized carbons (Fsp3) is 0.385. The topological polar surface area (TPSA) is 120 Å². The molecule has 0 spiro atoms. The van der Waals surface area contributed by atoms with Crippen molar-refractivity contribution < 1.29 is 24.6 Å². The lowest BCUT2D eigenvalue weighted by Crippen LogP contribution is -2.47. The number of carbonyl (C=O) groups is 3. The standard InChI is InChI=1S/C13H17N3O5/c1-8-4-3-5-9(14-8)7-16(2)13(21)15-10(12(19)20)6-11(17)18/h3-5,10H,6-7H2,1-2H3,(H,15,21)(H,17,18)(H,19,20). The molecular weight excluding hydrogens is 278 g/mol. The van der Waals surface area contributed by atoms with E-state index in [4.69, 9.17) is 10.2 Å². The van der Waals surface area contributed by atoms with Gasteiger partial charge in [0.15, 0.2) is 0 Å². The van der Waals surface area contributed by atoms with Crippen molar-refractivity contribution in [2.45, 2.75) is 25.9 Å². The highest BCUT2D eigenvalue weighted by molar-refractivity contribution is 5.86. The van der Waals surface area contributed by atoms with Gasteiger partial charge in [0, 0.05) is 12.7 Å². The second-order valence-electron chi connectivity index (χ2n) is 4.56. The highest BCUT2D eigenvalue weighted by atomic mass is 16.4. The molecule has 8 nitrogen and oxygen atoms in total. The Labute approximate surface area is 121 Å². The maximum absolute atomic E-state index is 11.9. The Morgan fingerprint density at radius 1 is 1.33 bits per heavy atom. The SMILES string of the molecule is Cc1cccc(CN(C)C(=O)NC(CC(=O)O)C(=O)O)n1. The van der Waals surface area contributed by atoms with Gasteiger partial charge in [-0.1, -0.05) is 6.07 Å². The van der Waals surface area contributed by atoms with Crippen LogP contribution in [0.2, 0.25) is 0 Å². The maximum atomic E-state index is 11.9. The first kappa shape index (κ1) is 16.4. The van der Waals surface area contributed by atoms with Crippen LogP contribution in [0.3, 0.4) is 0 Å². The highest BCUT2D eigenvalue weighted by Gasteiger charge is 2.24. The number of hydrogen-bond donors (Lipinski definition) is 3. The zero-order valence-corrected chi connectivity index (χ0v) is 11.7. The van der Waals surface area contributed by atoms with E-state index >= 15 is 0 Å². The van der Waals surface area contributed by atoms with Gasteiger partial charge in [-0.05, 0) is 19.1 Å². The van der Waals surface area contributed by atoms with E-state index in [9.17, 15) is 14.4 Å². The van der Waals surface area contributed by atoms with Crippen LogP contribution in [0.5, 0.6) is 0 Å². The molecule has 2 amide bonds. The lowest BCUT2D eigenvalue weighted by atomic mass is 10.2. The van der Waals surface area contributed by atoms with Crippen molar-refractivity contribution in [1.29, 1.82) is 0 Å². The molecule has 0 radical (unpaired) electrons. The van der Waals surface area contributed by atoms with Gasteiger partial charge >= 0.3 is 18.0 Å². The Morgan fingerprint density at radius 2 is 2.00 bits per heavy atom. The molecule has 0 saturated carbocycles. The minimum absolute atomic E-state index is 0.187. The van der Waals surface area contributed by atoms with Crippen LogP contribution in [-0.4, -0.2) is 51.2 Å². The predicted molar refractivity (Wildman–Crippen MR) is 72.6 cm³/mol. The van der Waals surface area contributed by atoms with Gasteiger partial charge in [-0.3, -0.25) is 9.78 Å². The molecule has 8 heteroatoms. The first-order chi connectivity index (χ1) is 9.79. The van der Waals surface area contributed by atoms with Crippen LogP contribution >= 0.6 is 0 Å². The summed E-state index contributed by atoms with van der Waals surface area (Å²) in [5.74, 6) is -2.70. The van der Waals surface area contributed by atoms with E-state index in [0.717, 1.165) is 5.69 Å². The zero-order valence-electron chi connectivity index (χ0n) is 11.7. The number of carbonyl (C=O) groups excluding carboxylic acids is 1. The molecule has 0 aliphatic rings. The monoisotopic (exact) mass is 295 g/mol. The molecule has 0 aromatic carbocycles. The molecular formula is C13H17N3O5. The summed E-state index contributed by atoms with van der Waals surface area (Å²) in [5, 5.41) is 19.6. The van der Waals surface area contributed by atoms with Gasteiger partial charge in [-0.2, -0.15) is 0 Å². The molecule has 1 atom stereocenters. The molecule has 114 valence electrons. The predicted octanol–water partition coefficient (Wildman–Crippen LogP) is 0.459. The number of carboxylic acid groups (broad SMARTS) is 2. The maximum Gasteiger partial charge on any atom is 0.326 e. The summed E-state index contributed by atoms with van der Waals surface area (Å²) in [7, 11) is 1.47. The number of rotatable bonds is 6. The van der Waals surface area contributed by atoms with E-state index in [2.05, 4.69) is 10.3 Å². The second kappa shape index (κ2) is 7.22. The van der Waals surface area contributed by atoms with Gasteiger partial charge in [-0.15, -0.1) is 0 Å². The van der Waals surface area contributed by atoms with Crippen molar-refractivity contribution >= 4 is 18.0 Å². The Balaban J connectivity index is 2.64. The normalized spacial score (nSPS) is 11.5. The number of hydrogen-bond acceptors (Lipinski definition) is 4. The lowest BCUT2D eigenvalue weighted by Gasteiger charge is -2.20. The first-order valence-electron chi connectivity index (χ1n) is 6.18. The molecule has 21 heavy (non-hydrogen) atoms. The summed E-state index contributed by atoms with van der Waals surface area (Å²) in [5.41, 5.74) is 1.45.